The van der Waals surface area contributed by atoms with E-state index in [9.17, 15) is 4.79 Å². The van der Waals surface area contributed by atoms with Crippen LogP contribution < -0.4 is 10.2 Å². The van der Waals surface area contributed by atoms with Gasteiger partial charge in [0.15, 0.2) is 5.43 Å². The number of ether oxygens (including phenoxy) is 1. The summed E-state index contributed by atoms with van der Waals surface area (Å²) in [7, 11) is 1.53. The van der Waals surface area contributed by atoms with Crippen LogP contribution in [0.4, 0.5) is 0 Å². The summed E-state index contributed by atoms with van der Waals surface area (Å²) < 4.78 is 10.9. The van der Waals surface area contributed by atoms with Crippen LogP contribution in [0.15, 0.2) is 58.0 Å². The number of fused-ring (bicyclic) bond motifs is 1. The lowest BCUT2D eigenvalue weighted by atomic mass is 10.1. The quantitative estimate of drug-likeness (QED) is 0.704. The molecule has 0 bridgehead atoms. The number of benzene rings is 1. The average molecular weight is 253 g/mol. The van der Waals surface area contributed by atoms with Gasteiger partial charge < -0.3 is 9.15 Å². The van der Waals surface area contributed by atoms with Crippen molar-refractivity contribution in [1.29, 1.82) is 0 Å². The molecule has 0 N–H and O–H groups in total. The van der Waals surface area contributed by atoms with Gasteiger partial charge in [0.05, 0.1) is 7.11 Å². The van der Waals surface area contributed by atoms with Crippen molar-refractivity contribution < 1.29 is 9.15 Å². The van der Waals surface area contributed by atoms with Gasteiger partial charge in [-0.3, -0.25) is 9.78 Å². The first kappa shape index (κ1) is 11.5. The number of rotatable bonds is 2. The lowest BCUT2D eigenvalue weighted by Crippen LogP contribution is -2.02. The molecule has 1 aromatic carbocycles. The van der Waals surface area contributed by atoms with Crippen molar-refractivity contribution in [3.05, 3.63) is 59.0 Å². The van der Waals surface area contributed by atoms with Crippen molar-refractivity contribution in [3.8, 4) is 17.1 Å². The van der Waals surface area contributed by atoms with Gasteiger partial charge in [-0.15, -0.1) is 0 Å². The molecule has 0 spiro atoms. The molecule has 0 atom stereocenters. The highest BCUT2D eigenvalue weighted by atomic mass is 16.5. The molecule has 0 amide bonds. The first-order valence-electron chi connectivity index (χ1n) is 5.81. The molecule has 0 aliphatic heterocycles. The van der Waals surface area contributed by atoms with Crippen LogP contribution in [-0.2, 0) is 0 Å². The zero-order chi connectivity index (χ0) is 13.2. The van der Waals surface area contributed by atoms with Crippen molar-refractivity contribution in [3.63, 3.8) is 0 Å². The second kappa shape index (κ2) is 4.57. The monoisotopic (exact) mass is 253 g/mol. The number of hydrogen-bond acceptors (Lipinski definition) is 4. The van der Waals surface area contributed by atoms with Crippen molar-refractivity contribution in [1.82, 2.24) is 4.98 Å². The maximum Gasteiger partial charge on any atom is 0.197 e. The van der Waals surface area contributed by atoms with Crippen LogP contribution in [0.5, 0.6) is 5.75 Å². The van der Waals surface area contributed by atoms with Crippen molar-refractivity contribution in [2.45, 2.75) is 0 Å². The maximum absolute atomic E-state index is 12.2. The Morgan fingerprint density at radius 1 is 1.16 bits per heavy atom. The summed E-state index contributed by atoms with van der Waals surface area (Å²) in [5.41, 5.74) is 1.21. The molecule has 0 radical (unpaired) electrons. The second-order valence-corrected chi connectivity index (χ2v) is 4.04. The number of methoxy groups -OCH3 is 1. The first-order valence-corrected chi connectivity index (χ1v) is 5.81. The highest BCUT2D eigenvalue weighted by Crippen LogP contribution is 2.26. The molecule has 2 aromatic heterocycles. The summed E-state index contributed by atoms with van der Waals surface area (Å²) in [6, 6.07) is 10.4. The van der Waals surface area contributed by atoms with Gasteiger partial charge in [0.25, 0.3) is 0 Å². The first-order chi connectivity index (χ1) is 9.29. The van der Waals surface area contributed by atoms with Crippen LogP contribution in [0.3, 0.4) is 0 Å². The van der Waals surface area contributed by atoms with Gasteiger partial charge in [-0.2, -0.15) is 0 Å². The predicted molar refractivity (Wildman–Crippen MR) is 72.3 cm³/mol. The fraction of sp³-hybridized carbons (Fsp3) is 0.0667. The van der Waals surface area contributed by atoms with E-state index < -0.39 is 0 Å². The maximum atomic E-state index is 12.2. The van der Waals surface area contributed by atoms with Gasteiger partial charge in [0.2, 0.25) is 0 Å². The Labute approximate surface area is 109 Å². The Hall–Kier alpha value is -2.62. The molecule has 2 heterocycles. The topological polar surface area (TPSA) is 52.3 Å². The minimum Gasteiger partial charge on any atom is -0.496 e. The van der Waals surface area contributed by atoms with Crippen LogP contribution in [0.2, 0.25) is 0 Å². The molecular formula is C15H11NO3. The molecule has 0 aliphatic carbocycles. The highest BCUT2D eigenvalue weighted by molar-refractivity contribution is 5.84. The predicted octanol–water partition coefficient (Wildman–Crippen LogP) is 2.86. The summed E-state index contributed by atoms with van der Waals surface area (Å²) in [4.78, 5) is 16.1. The summed E-state index contributed by atoms with van der Waals surface area (Å²) in [5, 5.41) is 0.461. The third kappa shape index (κ3) is 1.97. The van der Waals surface area contributed by atoms with E-state index in [4.69, 9.17) is 9.15 Å². The van der Waals surface area contributed by atoms with E-state index in [1.807, 2.05) is 0 Å². The Bertz CT molecular complexity index is 778. The Morgan fingerprint density at radius 2 is 1.95 bits per heavy atom. The minimum absolute atomic E-state index is 0.120. The van der Waals surface area contributed by atoms with Gasteiger partial charge in [-0.1, -0.05) is 6.07 Å². The van der Waals surface area contributed by atoms with Crippen LogP contribution in [-0.4, -0.2) is 12.1 Å². The van der Waals surface area contributed by atoms with Crippen molar-refractivity contribution >= 4 is 11.0 Å². The lowest BCUT2D eigenvalue weighted by Gasteiger charge is -2.06. The molecule has 19 heavy (non-hydrogen) atoms. The molecule has 0 saturated heterocycles. The van der Waals surface area contributed by atoms with Gasteiger partial charge in [0, 0.05) is 24.0 Å². The molecular weight excluding hydrogens is 242 g/mol. The number of aromatic nitrogens is 1. The molecule has 0 unspecified atom stereocenters. The van der Waals surface area contributed by atoms with Crippen molar-refractivity contribution in [2.24, 2.45) is 0 Å². The average Bonchev–Trinajstić information content (AvgIpc) is 2.47. The largest absolute Gasteiger partial charge is 0.496 e. The molecule has 4 heteroatoms. The lowest BCUT2D eigenvalue weighted by molar-refractivity contribution is 0.419. The Balaban J connectivity index is 2.30. The zero-order valence-corrected chi connectivity index (χ0v) is 10.3. The van der Waals surface area contributed by atoms with Gasteiger partial charge in [-0.05, 0) is 24.3 Å². The molecule has 3 rings (SSSR count). The smallest absolute Gasteiger partial charge is 0.197 e. The van der Waals surface area contributed by atoms with Crippen LogP contribution >= 0.6 is 0 Å². The van der Waals surface area contributed by atoms with E-state index in [0.717, 1.165) is 5.56 Å². The van der Waals surface area contributed by atoms with Crippen LogP contribution in [0.25, 0.3) is 22.3 Å². The summed E-state index contributed by atoms with van der Waals surface area (Å²) in [6.07, 6.45) is 3.32. The number of pyridine rings is 1. The van der Waals surface area contributed by atoms with E-state index in [1.165, 1.54) is 13.2 Å². The minimum atomic E-state index is -0.120. The summed E-state index contributed by atoms with van der Waals surface area (Å²) in [5.74, 6) is 1.04. The number of nitrogens with zero attached hydrogens (tertiary/aromatic N) is 1. The van der Waals surface area contributed by atoms with Gasteiger partial charge in [-0.25, -0.2) is 0 Å². The van der Waals surface area contributed by atoms with Crippen LogP contribution in [0.1, 0.15) is 0 Å². The fourth-order valence-corrected chi connectivity index (χ4v) is 2.01. The summed E-state index contributed by atoms with van der Waals surface area (Å²) >= 11 is 0. The van der Waals surface area contributed by atoms with E-state index in [-0.39, 0.29) is 5.43 Å². The highest BCUT2D eigenvalue weighted by Gasteiger charge is 2.10. The normalized spacial score (nSPS) is 10.6. The zero-order valence-electron chi connectivity index (χ0n) is 10.3. The Kier molecular flexibility index (Phi) is 2.76. The third-order valence-electron chi connectivity index (χ3n) is 2.90. The van der Waals surface area contributed by atoms with Crippen LogP contribution in [0, 0.1) is 0 Å². The molecule has 94 valence electrons. The Morgan fingerprint density at radius 3 is 2.68 bits per heavy atom. The van der Waals surface area contributed by atoms with Gasteiger partial charge >= 0.3 is 0 Å². The standard InChI is InChI=1S/C15H11NO3/c1-18-12-3-2-4-13-15(12)11(17)9-14(19-13)10-5-7-16-8-6-10/h2-9H,1H3. The SMILES string of the molecule is COc1cccc2oc(-c3ccncc3)cc(=O)c12. The third-order valence-corrected chi connectivity index (χ3v) is 2.90. The fourth-order valence-electron chi connectivity index (χ4n) is 2.01. The van der Waals surface area contributed by atoms with E-state index in [1.54, 1.807) is 42.7 Å². The molecule has 0 fully saturated rings. The van der Waals surface area contributed by atoms with E-state index >= 15 is 0 Å². The second-order valence-electron chi connectivity index (χ2n) is 4.04. The molecule has 0 saturated carbocycles. The van der Waals surface area contributed by atoms with E-state index in [2.05, 4.69) is 4.98 Å². The number of hydrogen-bond donors (Lipinski definition) is 0. The molecule has 3 aromatic rings. The molecule has 4 nitrogen and oxygen atoms in total. The van der Waals surface area contributed by atoms with E-state index in [0.29, 0.717) is 22.5 Å². The summed E-state index contributed by atoms with van der Waals surface area (Å²) in [6.45, 7) is 0. The van der Waals surface area contributed by atoms with Crippen molar-refractivity contribution in [2.75, 3.05) is 7.11 Å². The van der Waals surface area contributed by atoms with Gasteiger partial charge in [0.1, 0.15) is 22.5 Å². The molecule has 0 aliphatic rings.